The van der Waals surface area contributed by atoms with Crippen molar-refractivity contribution in [2.24, 2.45) is 5.73 Å². The van der Waals surface area contributed by atoms with Gasteiger partial charge in [0.15, 0.2) is 0 Å². The summed E-state index contributed by atoms with van der Waals surface area (Å²) in [5, 5.41) is 2.99. The molecule has 1 aromatic carbocycles. The van der Waals surface area contributed by atoms with E-state index in [-0.39, 0.29) is 11.7 Å². The maximum absolute atomic E-state index is 13.0. The summed E-state index contributed by atoms with van der Waals surface area (Å²) in [5.41, 5.74) is 6.50. The summed E-state index contributed by atoms with van der Waals surface area (Å²) in [6.07, 6.45) is 1.41. The summed E-state index contributed by atoms with van der Waals surface area (Å²) in [5.74, 6) is -0.543. The molecule has 1 aromatic rings. The van der Waals surface area contributed by atoms with Gasteiger partial charge in [0, 0.05) is 25.3 Å². The van der Waals surface area contributed by atoms with Crippen molar-refractivity contribution in [2.45, 2.75) is 25.3 Å². The third kappa shape index (κ3) is 3.11. The van der Waals surface area contributed by atoms with E-state index >= 15 is 0 Å². The monoisotopic (exact) mass is 266 g/mol. The van der Waals surface area contributed by atoms with Crippen LogP contribution in [0, 0.1) is 12.7 Å². The topological polar surface area (TPSA) is 64.4 Å². The second kappa shape index (κ2) is 5.67. The van der Waals surface area contributed by atoms with E-state index in [1.54, 1.807) is 6.92 Å². The Kier molecular flexibility index (Phi) is 4.17. The maximum atomic E-state index is 13.0. The van der Waals surface area contributed by atoms with Crippen LogP contribution >= 0.6 is 0 Å². The summed E-state index contributed by atoms with van der Waals surface area (Å²) in [6, 6.07) is 4.15. The van der Waals surface area contributed by atoms with Crippen molar-refractivity contribution in [2.75, 3.05) is 19.8 Å². The number of nitrogens with one attached hydrogen (secondary N) is 1. The van der Waals surface area contributed by atoms with Gasteiger partial charge in [-0.3, -0.25) is 4.79 Å². The average Bonchev–Trinajstić information content (AvgIpc) is 2.39. The quantitative estimate of drug-likeness (QED) is 0.868. The Hall–Kier alpha value is -1.46. The Labute approximate surface area is 112 Å². The zero-order chi connectivity index (χ0) is 13.9. The van der Waals surface area contributed by atoms with Crippen LogP contribution in [-0.4, -0.2) is 31.2 Å². The zero-order valence-electron chi connectivity index (χ0n) is 11.0. The molecule has 19 heavy (non-hydrogen) atoms. The molecule has 4 nitrogen and oxygen atoms in total. The minimum Gasteiger partial charge on any atom is -0.381 e. The van der Waals surface area contributed by atoms with Crippen LogP contribution in [0.15, 0.2) is 18.2 Å². The third-order valence-electron chi connectivity index (χ3n) is 3.65. The first-order valence-corrected chi connectivity index (χ1v) is 6.43. The number of nitrogens with two attached hydrogens (primary N) is 1. The van der Waals surface area contributed by atoms with Gasteiger partial charge in [-0.25, -0.2) is 4.39 Å². The molecule has 1 amide bonds. The Balaban J connectivity index is 2.15. The molecule has 0 saturated carbocycles. The molecule has 1 aliphatic rings. The predicted octanol–water partition coefficient (Wildman–Crippen LogP) is 1.37. The largest absolute Gasteiger partial charge is 0.381 e. The molecule has 0 bridgehead atoms. The molecule has 0 spiro atoms. The third-order valence-corrected chi connectivity index (χ3v) is 3.65. The van der Waals surface area contributed by atoms with E-state index in [2.05, 4.69) is 5.32 Å². The highest BCUT2D eigenvalue weighted by molar-refractivity contribution is 5.96. The van der Waals surface area contributed by atoms with E-state index in [0.29, 0.717) is 43.7 Å². The van der Waals surface area contributed by atoms with Crippen LogP contribution in [0.5, 0.6) is 0 Å². The van der Waals surface area contributed by atoms with Gasteiger partial charge in [0.2, 0.25) is 0 Å². The molecule has 1 aliphatic heterocycles. The van der Waals surface area contributed by atoms with E-state index in [1.807, 2.05) is 0 Å². The van der Waals surface area contributed by atoms with Crippen molar-refractivity contribution in [1.29, 1.82) is 0 Å². The Morgan fingerprint density at radius 2 is 2.16 bits per heavy atom. The van der Waals surface area contributed by atoms with Gasteiger partial charge in [-0.2, -0.15) is 0 Å². The highest BCUT2D eigenvalue weighted by Crippen LogP contribution is 2.21. The lowest BCUT2D eigenvalue weighted by molar-refractivity contribution is 0.0388. The number of carbonyl (C=O) groups is 1. The van der Waals surface area contributed by atoms with Gasteiger partial charge in [-0.15, -0.1) is 0 Å². The molecular weight excluding hydrogens is 247 g/mol. The lowest BCUT2D eigenvalue weighted by atomic mass is 9.89. The van der Waals surface area contributed by atoms with E-state index in [4.69, 9.17) is 10.5 Å². The maximum Gasteiger partial charge on any atom is 0.252 e. The zero-order valence-corrected chi connectivity index (χ0v) is 11.0. The fourth-order valence-corrected chi connectivity index (χ4v) is 2.33. The first-order chi connectivity index (χ1) is 9.06. The van der Waals surface area contributed by atoms with Gasteiger partial charge in [0.1, 0.15) is 5.82 Å². The van der Waals surface area contributed by atoms with Crippen molar-refractivity contribution in [3.05, 3.63) is 35.1 Å². The number of ether oxygens (including phenoxy) is 1. The van der Waals surface area contributed by atoms with Gasteiger partial charge in [-0.1, -0.05) is 0 Å². The van der Waals surface area contributed by atoms with Crippen molar-refractivity contribution >= 4 is 5.91 Å². The SMILES string of the molecule is Cc1cc(F)ccc1C(=O)NC1(CN)CCOCC1. The first kappa shape index (κ1) is 14.0. The van der Waals surface area contributed by atoms with Crippen LogP contribution in [0.3, 0.4) is 0 Å². The molecule has 0 aromatic heterocycles. The Morgan fingerprint density at radius 3 is 2.74 bits per heavy atom. The van der Waals surface area contributed by atoms with E-state index < -0.39 is 5.54 Å². The summed E-state index contributed by atoms with van der Waals surface area (Å²) in [4.78, 5) is 12.3. The standard InChI is InChI=1S/C14H19FN2O2/c1-10-8-11(15)2-3-12(10)13(18)17-14(9-16)4-6-19-7-5-14/h2-3,8H,4-7,9,16H2,1H3,(H,17,18). The van der Waals surface area contributed by atoms with Gasteiger partial charge in [-0.05, 0) is 43.5 Å². The van der Waals surface area contributed by atoms with Crippen molar-refractivity contribution in [3.8, 4) is 0 Å². The van der Waals surface area contributed by atoms with Gasteiger partial charge < -0.3 is 15.8 Å². The molecule has 0 unspecified atom stereocenters. The Bertz CT molecular complexity index is 471. The van der Waals surface area contributed by atoms with Crippen LogP contribution < -0.4 is 11.1 Å². The smallest absolute Gasteiger partial charge is 0.252 e. The summed E-state index contributed by atoms with van der Waals surface area (Å²) >= 11 is 0. The molecule has 1 fully saturated rings. The fourth-order valence-electron chi connectivity index (χ4n) is 2.33. The number of halogens is 1. The van der Waals surface area contributed by atoms with Gasteiger partial charge in [0.05, 0.1) is 5.54 Å². The Morgan fingerprint density at radius 1 is 1.47 bits per heavy atom. The number of amides is 1. The van der Waals surface area contributed by atoms with Crippen molar-refractivity contribution in [3.63, 3.8) is 0 Å². The van der Waals surface area contributed by atoms with E-state index in [0.717, 1.165) is 0 Å². The fraction of sp³-hybridized carbons (Fsp3) is 0.500. The lowest BCUT2D eigenvalue weighted by Crippen LogP contribution is -2.56. The predicted molar refractivity (Wildman–Crippen MR) is 70.4 cm³/mol. The molecule has 2 rings (SSSR count). The van der Waals surface area contributed by atoms with E-state index in [1.165, 1.54) is 18.2 Å². The van der Waals surface area contributed by atoms with Crippen LogP contribution in [0.1, 0.15) is 28.8 Å². The van der Waals surface area contributed by atoms with Gasteiger partial charge >= 0.3 is 0 Å². The number of hydrogen-bond acceptors (Lipinski definition) is 3. The number of aryl methyl sites for hydroxylation is 1. The molecule has 0 atom stereocenters. The molecule has 5 heteroatoms. The van der Waals surface area contributed by atoms with Crippen molar-refractivity contribution < 1.29 is 13.9 Å². The van der Waals surface area contributed by atoms with E-state index in [9.17, 15) is 9.18 Å². The second-order valence-electron chi connectivity index (χ2n) is 5.01. The highest BCUT2D eigenvalue weighted by atomic mass is 19.1. The molecule has 3 N–H and O–H groups in total. The normalized spacial score (nSPS) is 18.1. The summed E-state index contributed by atoms with van der Waals surface area (Å²) in [6.45, 7) is 3.29. The van der Waals surface area contributed by atoms with Crippen LogP contribution in [0.4, 0.5) is 4.39 Å². The van der Waals surface area contributed by atoms with Crippen LogP contribution in [0.25, 0.3) is 0 Å². The molecule has 0 aliphatic carbocycles. The number of hydrogen-bond donors (Lipinski definition) is 2. The number of benzene rings is 1. The number of rotatable bonds is 3. The summed E-state index contributed by atoms with van der Waals surface area (Å²) in [7, 11) is 0. The highest BCUT2D eigenvalue weighted by Gasteiger charge is 2.33. The first-order valence-electron chi connectivity index (χ1n) is 6.43. The van der Waals surface area contributed by atoms with Crippen LogP contribution in [-0.2, 0) is 4.74 Å². The number of carbonyl (C=O) groups excluding carboxylic acids is 1. The molecular formula is C14H19FN2O2. The minimum absolute atomic E-state index is 0.204. The molecule has 0 radical (unpaired) electrons. The second-order valence-corrected chi connectivity index (χ2v) is 5.01. The lowest BCUT2D eigenvalue weighted by Gasteiger charge is -2.37. The van der Waals surface area contributed by atoms with Gasteiger partial charge in [0.25, 0.3) is 5.91 Å². The van der Waals surface area contributed by atoms with Crippen LogP contribution in [0.2, 0.25) is 0 Å². The molecule has 1 heterocycles. The molecule has 104 valence electrons. The van der Waals surface area contributed by atoms with Crippen molar-refractivity contribution in [1.82, 2.24) is 5.32 Å². The molecule has 1 saturated heterocycles. The minimum atomic E-state index is -0.407. The summed E-state index contributed by atoms with van der Waals surface area (Å²) < 4.78 is 18.3. The average molecular weight is 266 g/mol.